The van der Waals surface area contributed by atoms with Crippen LogP contribution in [0.3, 0.4) is 0 Å². The zero-order valence-corrected chi connectivity index (χ0v) is 46.5. The number of aromatic nitrogens is 4. The van der Waals surface area contributed by atoms with E-state index in [1.165, 1.54) is 41.5 Å². The molecule has 2 fully saturated rings. The predicted octanol–water partition coefficient (Wildman–Crippen LogP) is 1.17. The van der Waals surface area contributed by atoms with Crippen LogP contribution in [0.5, 0.6) is 11.8 Å². The van der Waals surface area contributed by atoms with Crippen molar-refractivity contribution < 1.29 is 90.8 Å². The Labute approximate surface area is 444 Å². The number of esters is 7. The topological polar surface area (TPSA) is 323 Å². The van der Waals surface area contributed by atoms with E-state index in [1.54, 1.807) is 0 Å². The van der Waals surface area contributed by atoms with Crippen LogP contribution >= 0.6 is 23.5 Å². The third-order valence-corrected chi connectivity index (χ3v) is 11.1. The number of morpholine rings is 2. The van der Waals surface area contributed by atoms with E-state index in [-0.39, 0.29) is 37.4 Å². The highest BCUT2D eigenvalue weighted by atomic mass is 32.1. The van der Waals surface area contributed by atoms with Gasteiger partial charge in [0.15, 0.2) is 30.5 Å². The molecule has 8 unspecified atom stereocenters. The molecule has 2 aromatic rings. The monoisotopic (exact) mass is 1110 g/mol. The van der Waals surface area contributed by atoms with E-state index in [0.29, 0.717) is 76.0 Å². The number of hydrogen-bond acceptors (Lipinski definition) is 29. The maximum absolute atomic E-state index is 12.8. The lowest BCUT2D eigenvalue weighted by molar-refractivity contribution is -0.183. The molecule has 75 heavy (non-hydrogen) atoms. The average Bonchev–Trinajstić information content (AvgIpc) is 4.03. The van der Waals surface area contributed by atoms with Gasteiger partial charge in [0, 0.05) is 57.3 Å². The molecule has 4 heterocycles. The van der Waals surface area contributed by atoms with E-state index in [1.807, 2.05) is 51.3 Å². The van der Waals surface area contributed by atoms with Crippen molar-refractivity contribution in [3.63, 3.8) is 0 Å². The molecule has 424 valence electrons. The number of rotatable bonds is 25. The standard InChI is InChI=1S/C24H38N4O10S.C22H36N4O9S/c1-14(35-17(4)29)21(30)36-15(2)22(31)37-16(3)23(32)38-18(12-25-24(5,6)7)13-34-20-19(26-39-27-20)28-8-10-33-11-9-28;1-13(27)19(28)33-14(2)20(29)34-15(3)21(30)35-16(11-23-22(4,5)6)12-32-18-17(24-36-25-18)26-7-9-31-10-8-26/h14-16,18,25H,8-13H2,1-7H3;13-16,23,27H,7-12H2,1-6H3. The normalized spacial score (nSPS) is 17.1. The van der Waals surface area contributed by atoms with Crippen LogP contribution in [-0.4, -0.2) is 203 Å². The summed E-state index contributed by atoms with van der Waals surface area (Å²) in [7, 11) is 0. The van der Waals surface area contributed by atoms with Crippen LogP contribution in [-0.2, 0) is 76.2 Å². The molecule has 2 aromatic heterocycles. The number of carbonyl (C=O) groups is 7. The van der Waals surface area contributed by atoms with Gasteiger partial charge in [0.25, 0.3) is 11.8 Å². The molecule has 27 nitrogen and oxygen atoms in total. The Balaban J connectivity index is 0.000000397. The molecule has 0 aromatic carbocycles. The van der Waals surface area contributed by atoms with E-state index in [2.05, 4.69) is 28.1 Å². The van der Waals surface area contributed by atoms with Gasteiger partial charge in [-0.15, -0.1) is 8.75 Å². The molecule has 0 saturated carbocycles. The van der Waals surface area contributed by atoms with Gasteiger partial charge in [0.1, 0.15) is 31.5 Å². The number of aliphatic hydroxyl groups excluding tert-OH is 1. The molecule has 0 spiro atoms. The first-order valence-electron chi connectivity index (χ1n) is 24.3. The van der Waals surface area contributed by atoms with Gasteiger partial charge in [0.2, 0.25) is 11.6 Å². The Morgan fingerprint density at radius 3 is 1.13 bits per heavy atom. The summed E-state index contributed by atoms with van der Waals surface area (Å²) in [4.78, 5) is 88.4. The van der Waals surface area contributed by atoms with E-state index >= 15 is 0 Å². The van der Waals surface area contributed by atoms with Gasteiger partial charge in [0.05, 0.1) is 49.9 Å². The number of nitrogens with zero attached hydrogens (tertiary/aromatic N) is 6. The first kappa shape index (κ1) is 63.7. The highest BCUT2D eigenvalue weighted by Gasteiger charge is 2.32. The molecule has 3 N–H and O–H groups in total. The summed E-state index contributed by atoms with van der Waals surface area (Å²) in [5, 5.41) is 15.7. The van der Waals surface area contributed by atoms with Crippen molar-refractivity contribution in [2.75, 3.05) is 88.7 Å². The van der Waals surface area contributed by atoms with E-state index in [0.717, 1.165) is 30.4 Å². The van der Waals surface area contributed by atoms with Crippen molar-refractivity contribution in [3.05, 3.63) is 0 Å². The molecule has 2 aliphatic rings. The van der Waals surface area contributed by atoms with Crippen LogP contribution in [0.15, 0.2) is 0 Å². The summed E-state index contributed by atoms with van der Waals surface area (Å²) in [5.74, 6) is -4.22. The van der Waals surface area contributed by atoms with Crippen LogP contribution in [0.25, 0.3) is 0 Å². The van der Waals surface area contributed by atoms with Crippen molar-refractivity contribution in [1.29, 1.82) is 0 Å². The first-order chi connectivity index (χ1) is 35.1. The molecule has 0 amide bonds. The second-order valence-corrected chi connectivity index (χ2v) is 20.3. The number of aliphatic hydroxyl groups is 1. The fraction of sp³-hybridized carbons (Fsp3) is 0.761. The van der Waals surface area contributed by atoms with E-state index in [9.17, 15) is 38.7 Å². The lowest BCUT2D eigenvalue weighted by Gasteiger charge is -2.28. The number of carbonyl (C=O) groups excluding carboxylic acids is 7. The van der Waals surface area contributed by atoms with Crippen molar-refractivity contribution in [2.24, 2.45) is 0 Å². The maximum atomic E-state index is 12.8. The molecule has 8 atom stereocenters. The van der Waals surface area contributed by atoms with Crippen LogP contribution in [0.4, 0.5) is 11.6 Å². The van der Waals surface area contributed by atoms with Gasteiger partial charge < -0.3 is 77.6 Å². The summed E-state index contributed by atoms with van der Waals surface area (Å²) in [6.07, 6.45) is -9.30. The molecule has 2 saturated heterocycles. The molecule has 2 aliphatic heterocycles. The molecular weight excluding hydrogens is 1030 g/mol. The summed E-state index contributed by atoms with van der Waals surface area (Å²) in [6.45, 7) is 26.1. The second kappa shape index (κ2) is 30.8. The zero-order chi connectivity index (χ0) is 56.0. The first-order valence-corrected chi connectivity index (χ1v) is 25.7. The van der Waals surface area contributed by atoms with Crippen molar-refractivity contribution >= 4 is 76.9 Å². The molecule has 0 bridgehead atoms. The van der Waals surface area contributed by atoms with Gasteiger partial charge >= 0.3 is 41.8 Å². The second-order valence-electron chi connectivity index (χ2n) is 19.2. The van der Waals surface area contributed by atoms with Crippen molar-refractivity contribution in [3.8, 4) is 11.8 Å². The Bertz CT molecular complexity index is 2140. The van der Waals surface area contributed by atoms with Crippen LogP contribution in [0.2, 0.25) is 0 Å². The van der Waals surface area contributed by atoms with Crippen molar-refractivity contribution in [1.82, 2.24) is 28.1 Å². The molecular formula is C46H74N8O19S2. The summed E-state index contributed by atoms with van der Waals surface area (Å²) in [5.41, 5.74) is -0.528. The van der Waals surface area contributed by atoms with Crippen LogP contribution < -0.4 is 29.9 Å². The lowest BCUT2D eigenvalue weighted by atomic mass is 10.1. The van der Waals surface area contributed by atoms with Gasteiger partial charge in [-0.25, -0.2) is 28.8 Å². The predicted molar refractivity (Wildman–Crippen MR) is 267 cm³/mol. The smallest absolute Gasteiger partial charge is 0.347 e. The van der Waals surface area contributed by atoms with Crippen LogP contribution in [0, 0.1) is 0 Å². The fourth-order valence-electron chi connectivity index (χ4n) is 6.02. The molecule has 0 radical (unpaired) electrons. The highest BCUT2D eigenvalue weighted by molar-refractivity contribution is 6.99. The third-order valence-electron chi connectivity index (χ3n) is 10.1. The Hall–Kier alpha value is -5.59. The minimum atomic E-state index is -1.39. The Kier molecular flexibility index (Phi) is 26.2. The maximum Gasteiger partial charge on any atom is 0.347 e. The zero-order valence-electron chi connectivity index (χ0n) is 44.9. The van der Waals surface area contributed by atoms with E-state index in [4.69, 9.17) is 52.1 Å². The third kappa shape index (κ3) is 23.9. The number of ether oxygens (including phenoxy) is 11. The molecule has 0 aliphatic carbocycles. The quantitative estimate of drug-likeness (QED) is 0.0928. The Morgan fingerprint density at radius 2 is 0.827 bits per heavy atom. The van der Waals surface area contributed by atoms with E-state index < -0.39 is 90.6 Å². The number of hydrogen-bond donors (Lipinski definition) is 3. The lowest BCUT2D eigenvalue weighted by Crippen LogP contribution is -2.45. The van der Waals surface area contributed by atoms with Crippen LogP contribution in [0.1, 0.15) is 90.0 Å². The molecule has 29 heteroatoms. The van der Waals surface area contributed by atoms with Gasteiger partial charge in [-0.2, -0.15) is 8.75 Å². The number of nitrogens with one attached hydrogen (secondary N) is 2. The number of anilines is 2. The fourth-order valence-corrected chi connectivity index (χ4v) is 7.06. The minimum absolute atomic E-state index is 0.0133. The van der Waals surface area contributed by atoms with Gasteiger partial charge in [-0.3, -0.25) is 4.79 Å². The summed E-state index contributed by atoms with van der Waals surface area (Å²) >= 11 is 2.04. The largest absolute Gasteiger partial charge is 0.470 e. The average molecular weight is 1110 g/mol. The minimum Gasteiger partial charge on any atom is -0.470 e. The SMILES string of the molecule is CC(=O)OC(C)C(=O)OC(C)C(=O)OC(C)C(=O)OC(CNC(C)(C)C)COc1nsnc1N1CCOCC1.CC(O)C(=O)OC(C)C(=O)OC(C)C(=O)OC(CNC(C)(C)C)COc1nsnc1N1CCOCC1. The Morgan fingerprint density at radius 1 is 0.520 bits per heavy atom. The highest BCUT2D eigenvalue weighted by Crippen LogP contribution is 2.28. The van der Waals surface area contributed by atoms with Gasteiger partial charge in [-0.05, 0) is 83.1 Å². The van der Waals surface area contributed by atoms with Crippen molar-refractivity contribution in [2.45, 2.75) is 150 Å². The summed E-state index contributed by atoms with van der Waals surface area (Å²) < 4.78 is 75.4. The molecule has 4 rings (SSSR count). The van der Waals surface area contributed by atoms with Gasteiger partial charge in [-0.1, -0.05) is 0 Å². The summed E-state index contributed by atoms with van der Waals surface area (Å²) in [6, 6.07) is 0.